The predicted molar refractivity (Wildman–Crippen MR) is 139 cm³/mol. The molecule has 3 heterocycles. The molecule has 1 saturated carbocycles. The number of fused-ring (bicyclic) bond motifs is 5. The van der Waals surface area contributed by atoms with Gasteiger partial charge in [0.1, 0.15) is 22.6 Å². The minimum atomic E-state index is -1.13. The second-order valence-electron chi connectivity index (χ2n) is 11.7. The molecule has 3 aliphatic heterocycles. The van der Waals surface area contributed by atoms with Crippen molar-refractivity contribution in [2.75, 3.05) is 6.61 Å². The zero-order chi connectivity index (χ0) is 26.6. The molecular weight excluding hydrogens is 587 g/mol. The van der Waals surface area contributed by atoms with Crippen molar-refractivity contribution in [3.8, 4) is 0 Å². The average molecular weight is 618 g/mol. The fourth-order valence-electron chi connectivity index (χ4n) is 8.12. The van der Waals surface area contributed by atoms with Crippen LogP contribution in [0.2, 0.25) is 0 Å². The summed E-state index contributed by atoms with van der Waals surface area (Å²) in [6.07, 6.45) is -1.53. The lowest BCUT2D eigenvalue weighted by Crippen LogP contribution is -2.66. The number of alkyl halides is 3. The first kappa shape index (κ1) is 26.5. The molecule has 202 valence electrons. The van der Waals surface area contributed by atoms with E-state index in [-0.39, 0.29) is 40.4 Å². The summed E-state index contributed by atoms with van der Waals surface area (Å²) >= 11 is 16.6. The van der Waals surface area contributed by atoms with Crippen molar-refractivity contribution < 1.29 is 34.0 Å². The minimum absolute atomic E-state index is 0.0128. The lowest BCUT2D eigenvalue weighted by Gasteiger charge is -2.55. The number of benzene rings is 1. The van der Waals surface area contributed by atoms with E-state index in [1.54, 1.807) is 6.92 Å². The Labute approximate surface area is 234 Å². The van der Waals surface area contributed by atoms with Crippen LogP contribution in [0.3, 0.4) is 0 Å². The SMILES string of the molecule is Cc1c([C@H](C(Cl)Cl)[C@H](O)[C@H]2C[C@H](C)C(=O)O2)ccc2c1C(=O)[C@H]1[C@H]2C[C@@H](Br)[C@@]23O[C@@H](CO[C@H]2O)CC13C. The van der Waals surface area contributed by atoms with Crippen LogP contribution in [0.1, 0.15) is 72.0 Å². The molecule has 2 bridgehead atoms. The number of Topliss-reactive ketones (excluding diaryl/α,β-unsaturated/α-hetero) is 1. The van der Waals surface area contributed by atoms with Crippen LogP contribution < -0.4 is 0 Å². The molecule has 1 spiro atoms. The van der Waals surface area contributed by atoms with Crippen LogP contribution in [0.4, 0.5) is 0 Å². The fourth-order valence-corrected chi connectivity index (χ4v) is 9.95. The standard InChI is InChI=1S/C27H31BrCl2O7/c1-10-6-16(36-24(10)33)21(31)19(23(29)30)13-4-5-14-15-7-17(28)27-25(34)35-9-12(37-27)8-26(27,3)20(15)22(32)18(14)11(13)2/h4-5,10,12,15-17,19-21,23,25,31,34H,6-9H2,1-3H3/t10-,12+,15-,16+,17+,19-,20+,21+,25+,26?,27+/m0/s1. The molecule has 6 rings (SSSR count). The summed E-state index contributed by atoms with van der Waals surface area (Å²) in [6.45, 7) is 5.98. The third kappa shape index (κ3) is 3.45. The summed E-state index contributed by atoms with van der Waals surface area (Å²) in [7, 11) is 0. The number of aliphatic hydroxyl groups is 2. The Morgan fingerprint density at radius 1 is 1.22 bits per heavy atom. The summed E-state index contributed by atoms with van der Waals surface area (Å²) in [5, 5.41) is 22.2. The molecule has 7 nitrogen and oxygen atoms in total. The zero-order valence-corrected chi connectivity index (χ0v) is 23.9. The number of cyclic esters (lactones) is 1. The number of carbonyl (C=O) groups is 2. The number of ketones is 1. The molecule has 1 aromatic rings. The fraction of sp³-hybridized carbons (Fsp3) is 0.704. The molecular formula is C27H31BrCl2O7. The summed E-state index contributed by atoms with van der Waals surface area (Å²) < 4.78 is 17.5. The Bertz CT molecular complexity index is 1160. The van der Waals surface area contributed by atoms with E-state index in [1.807, 2.05) is 26.0 Å². The Balaban J connectivity index is 1.41. The molecule has 10 heteroatoms. The third-order valence-corrected chi connectivity index (χ3v) is 11.4. The van der Waals surface area contributed by atoms with Gasteiger partial charge in [-0.05, 0) is 48.8 Å². The molecule has 1 aromatic carbocycles. The van der Waals surface area contributed by atoms with Gasteiger partial charge in [0, 0.05) is 27.6 Å². The van der Waals surface area contributed by atoms with Gasteiger partial charge in [-0.25, -0.2) is 0 Å². The number of hydrogen-bond donors (Lipinski definition) is 2. The first-order chi connectivity index (χ1) is 17.4. The first-order valence-electron chi connectivity index (χ1n) is 12.9. The van der Waals surface area contributed by atoms with E-state index in [9.17, 15) is 19.8 Å². The van der Waals surface area contributed by atoms with Crippen LogP contribution in [0, 0.1) is 24.2 Å². The maximum Gasteiger partial charge on any atom is 0.309 e. The largest absolute Gasteiger partial charge is 0.459 e. The van der Waals surface area contributed by atoms with Gasteiger partial charge in [0.25, 0.3) is 0 Å². The monoisotopic (exact) mass is 616 g/mol. The number of rotatable bonds is 4. The predicted octanol–water partition coefficient (Wildman–Crippen LogP) is 4.14. The van der Waals surface area contributed by atoms with E-state index < -0.39 is 40.3 Å². The van der Waals surface area contributed by atoms with Gasteiger partial charge in [0.2, 0.25) is 0 Å². The van der Waals surface area contributed by atoms with Crippen molar-refractivity contribution in [3.63, 3.8) is 0 Å². The minimum Gasteiger partial charge on any atom is -0.459 e. The lowest BCUT2D eigenvalue weighted by molar-refractivity contribution is -0.303. The van der Waals surface area contributed by atoms with Gasteiger partial charge >= 0.3 is 5.97 Å². The molecule has 37 heavy (non-hydrogen) atoms. The van der Waals surface area contributed by atoms with Crippen molar-refractivity contribution in [1.82, 2.24) is 0 Å². The molecule has 4 fully saturated rings. The highest BCUT2D eigenvalue weighted by molar-refractivity contribution is 9.09. The highest BCUT2D eigenvalue weighted by atomic mass is 79.9. The zero-order valence-electron chi connectivity index (χ0n) is 20.8. The van der Waals surface area contributed by atoms with Crippen LogP contribution >= 0.6 is 39.1 Å². The Kier molecular flexibility index (Phi) is 6.36. The first-order valence-corrected chi connectivity index (χ1v) is 14.7. The van der Waals surface area contributed by atoms with Crippen LogP contribution in [0.5, 0.6) is 0 Å². The maximum absolute atomic E-state index is 14.3. The second-order valence-corrected chi connectivity index (χ2v) is 14.0. The van der Waals surface area contributed by atoms with Gasteiger partial charge in [0.05, 0.1) is 18.6 Å². The van der Waals surface area contributed by atoms with Gasteiger partial charge in [-0.2, -0.15) is 0 Å². The molecule has 0 amide bonds. The van der Waals surface area contributed by atoms with Crippen molar-refractivity contribution in [2.45, 2.75) is 91.7 Å². The molecule has 0 radical (unpaired) electrons. The van der Waals surface area contributed by atoms with E-state index in [0.717, 1.165) is 11.1 Å². The van der Waals surface area contributed by atoms with Crippen molar-refractivity contribution in [2.24, 2.45) is 17.3 Å². The quantitative estimate of drug-likeness (QED) is 0.387. The summed E-state index contributed by atoms with van der Waals surface area (Å²) in [4.78, 5) is 25.1. The van der Waals surface area contributed by atoms with Gasteiger partial charge in [-0.1, -0.05) is 41.9 Å². The average Bonchev–Trinajstić information content (AvgIpc) is 3.41. The lowest BCUT2D eigenvalue weighted by atomic mass is 9.54. The number of hydrogen-bond acceptors (Lipinski definition) is 7. The summed E-state index contributed by atoms with van der Waals surface area (Å²) in [6, 6.07) is 3.85. The Morgan fingerprint density at radius 2 is 1.95 bits per heavy atom. The second kappa shape index (κ2) is 8.88. The van der Waals surface area contributed by atoms with Gasteiger partial charge in [-0.3, -0.25) is 9.59 Å². The normalized spacial score (nSPS) is 43.9. The number of ether oxygens (including phenoxy) is 3. The van der Waals surface area contributed by atoms with Crippen LogP contribution in [0.15, 0.2) is 12.1 Å². The van der Waals surface area contributed by atoms with E-state index >= 15 is 0 Å². The summed E-state index contributed by atoms with van der Waals surface area (Å²) in [5.41, 5.74) is 1.34. The third-order valence-electron chi connectivity index (χ3n) is 9.83. The molecule has 11 atom stereocenters. The topological polar surface area (TPSA) is 102 Å². The molecule has 2 N–H and O–H groups in total. The van der Waals surface area contributed by atoms with Crippen LogP contribution in [-0.4, -0.2) is 68.4 Å². The molecule has 5 aliphatic rings. The number of aliphatic hydroxyl groups excluding tert-OH is 2. The maximum atomic E-state index is 14.3. The summed E-state index contributed by atoms with van der Waals surface area (Å²) in [5.74, 6) is -1.83. The van der Waals surface area contributed by atoms with Crippen molar-refractivity contribution >= 4 is 50.9 Å². The number of halogens is 3. The molecule has 0 aromatic heterocycles. The van der Waals surface area contributed by atoms with Crippen molar-refractivity contribution in [3.05, 3.63) is 34.4 Å². The van der Waals surface area contributed by atoms with Crippen molar-refractivity contribution in [1.29, 1.82) is 0 Å². The van der Waals surface area contributed by atoms with Crippen LogP contribution in [-0.2, 0) is 19.0 Å². The highest BCUT2D eigenvalue weighted by Crippen LogP contribution is 2.68. The molecule has 3 saturated heterocycles. The van der Waals surface area contributed by atoms with E-state index in [1.165, 1.54) is 0 Å². The van der Waals surface area contributed by atoms with E-state index in [2.05, 4.69) is 15.9 Å². The Hall–Kier alpha value is -0.740. The molecule has 2 aliphatic carbocycles. The van der Waals surface area contributed by atoms with Gasteiger partial charge in [-0.15, -0.1) is 23.2 Å². The van der Waals surface area contributed by atoms with E-state index in [4.69, 9.17) is 37.4 Å². The van der Waals surface area contributed by atoms with Gasteiger partial charge < -0.3 is 24.4 Å². The number of esters is 1. The smallest absolute Gasteiger partial charge is 0.309 e. The Morgan fingerprint density at radius 3 is 2.59 bits per heavy atom. The van der Waals surface area contributed by atoms with Gasteiger partial charge in [0.15, 0.2) is 12.1 Å². The molecule has 1 unspecified atom stereocenters. The van der Waals surface area contributed by atoms with Crippen LogP contribution in [0.25, 0.3) is 0 Å². The highest BCUT2D eigenvalue weighted by Gasteiger charge is 2.74. The number of carbonyl (C=O) groups excluding carboxylic acids is 2. The van der Waals surface area contributed by atoms with E-state index in [0.29, 0.717) is 37.0 Å².